The Balaban J connectivity index is 2.58. The van der Waals surface area contributed by atoms with Crippen LogP contribution in [0.2, 0.25) is 0 Å². The number of carbonyl (C=O) groups excluding carboxylic acids is 2. The van der Waals surface area contributed by atoms with Crippen LogP contribution in [0.15, 0.2) is 0 Å². The summed E-state index contributed by atoms with van der Waals surface area (Å²) < 4.78 is 0. The summed E-state index contributed by atoms with van der Waals surface area (Å²) in [4.78, 5) is 37.0. The van der Waals surface area contributed by atoms with Gasteiger partial charge in [-0.15, -0.1) is 0 Å². The number of carboxylic acid groups (broad SMARTS) is 1. The van der Waals surface area contributed by atoms with E-state index in [1.54, 1.807) is 11.8 Å². The standard InChI is InChI=1S/C12H21N3O4/c1-2-14(7-5-10(16)17)12(19)15-6-3-4-9(8-15)11(13)18/h9H,2-8H2,1H3,(H2,13,18)(H,16,17). The van der Waals surface area contributed by atoms with E-state index in [0.29, 0.717) is 26.1 Å². The SMILES string of the molecule is CCN(CCC(=O)O)C(=O)N1CCCC(C(N)=O)C1. The van der Waals surface area contributed by atoms with Crippen molar-refractivity contribution in [2.75, 3.05) is 26.2 Å². The summed E-state index contributed by atoms with van der Waals surface area (Å²) in [6.07, 6.45) is 1.38. The number of aliphatic carboxylic acids is 1. The fourth-order valence-electron chi connectivity index (χ4n) is 2.20. The van der Waals surface area contributed by atoms with E-state index in [9.17, 15) is 14.4 Å². The largest absolute Gasteiger partial charge is 0.481 e. The molecule has 108 valence electrons. The molecule has 1 rings (SSSR count). The van der Waals surface area contributed by atoms with Gasteiger partial charge in [-0.25, -0.2) is 4.79 Å². The first kappa shape index (κ1) is 15.3. The van der Waals surface area contributed by atoms with E-state index in [0.717, 1.165) is 6.42 Å². The molecule has 0 radical (unpaired) electrons. The normalized spacial score (nSPS) is 19.0. The van der Waals surface area contributed by atoms with Crippen LogP contribution in [0.25, 0.3) is 0 Å². The van der Waals surface area contributed by atoms with Gasteiger partial charge in [-0.2, -0.15) is 0 Å². The van der Waals surface area contributed by atoms with Crippen LogP contribution >= 0.6 is 0 Å². The van der Waals surface area contributed by atoms with Crippen LogP contribution in [-0.2, 0) is 9.59 Å². The van der Waals surface area contributed by atoms with Gasteiger partial charge in [0.2, 0.25) is 5.91 Å². The minimum atomic E-state index is -0.931. The van der Waals surface area contributed by atoms with Gasteiger partial charge < -0.3 is 20.6 Å². The molecular weight excluding hydrogens is 250 g/mol. The third-order valence-electron chi connectivity index (χ3n) is 3.34. The zero-order chi connectivity index (χ0) is 14.4. The summed E-state index contributed by atoms with van der Waals surface area (Å²) in [6.45, 7) is 3.35. The molecule has 0 aromatic carbocycles. The first-order chi connectivity index (χ1) is 8.95. The van der Waals surface area contributed by atoms with Crippen molar-refractivity contribution in [1.82, 2.24) is 9.80 Å². The number of rotatable bonds is 5. The summed E-state index contributed by atoms with van der Waals surface area (Å²) in [5, 5.41) is 8.65. The smallest absolute Gasteiger partial charge is 0.320 e. The molecule has 1 fully saturated rings. The zero-order valence-corrected chi connectivity index (χ0v) is 11.2. The highest BCUT2D eigenvalue weighted by Crippen LogP contribution is 2.17. The number of nitrogens with zero attached hydrogens (tertiary/aromatic N) is 2. The second-order valence-electron chi connectivity index (χ2n) is 4.69. The lowest BCUT2D eigenvalue weighted by molar-refractivity contribution is -0.137. The fraction of sp³-hybridized carbons (Fsp3) is 0.750. The molecule has 7 heteroatoms. The van der Waals surface area contributed by atoms with E-state index < -0.39 is 5.97 Å². The van der Waals surface area contributed by atoms with E-state index in [2.05, 4.69) is 0 Å². The van der Waals surface area contributed by atoms with Gasteiger partial charge >= 0.3 is 12.0 Å². The molecule has 0 spiro atoms. The molecule has 0 aromatic rings. The summed E-state index contributed by atoms with van der Waals surface area (Å²) >= 11 is 0. The van der Waals surface area contributed by atoms with Crippen molar-refractivity contribution >= 4 is 17.9 Å². The number of likely N-dealkylation sites (tertiary alicyclic amines) is 1. The molecule has 19 heavy (non-hydrogen) atoms. The molecule has 0 saturated carbocycles. The van der Waals surface area contributed by atoms with E-state index in [1.165, 1.54) is 4.90 Å². The van der Waals surface area contributed by atoms with Crippen LogP contribution in [-0.4, -0.2) is 59.0 Å². The van der Waals surface area contributed by atoms with Crippen LogP contribution in [0, 0.1) is 5.92 Å². The Morgan fingerprint density at radius 1 is 1.42 bits per heavy atom. The topological polar surface area (TPSA) is 104 Å². The molecule has 1 atom stereocenters. The number of nitrogens with two attached hydrogens (primary N) is 1. The second kappa shape index (κ2) is 6.96. The van der Waals surface area contributed by atoms with Crippen molar-refractivity contribution < 1.29 is 19.5 Å². The number of hydrogen-bond donors (Lipinski definition) is 2. The van der Waals surface area contributed by atoms with E-state index >= 15 is 0 Å². The second-order valence-corrected chi connectivity index (χ2v) is 4.69. The first-order valence-corrected chi connectivity index (χ1v) is 6.50. The van der Waals surface area contributed by atoms with Crippen LogP contribution in [0.3, 0.4) is 0 Å². The minimum absolute atomic E-state index is 0.0767. The van der Waals surface area contributed by atoms with E-state index in [-0.39, 0.29) is 30.8 Å². The van der Waals surface area contributed by atoms with Gasteiger partial charge in [-0.1, -0.05) is 0 Å². The number of urea groups is 1. The van der Waals surface area contributed by atoms with E-state index in [4.69, 9.17) is 10.8 Å². The highest BCUT2D eigenvalue weighted by molar-refractivity contribution is 5.79. The molecule has 0 aliphatic carbocycles. The Kier molecular flexibility index (Phi) is 5.59. The van der Waals surface area contributed by atoms with Crippen molar-refractivity contribution in [3.8, 4) is 0 Å². The summed E-state index contributed by atoms with van der Waals surface area (Å²) in [7, 11) is 0. The lowest BCUT2D eigenvalue weighted by atomic mass is 9.98. The number of carbonyl (C=O) groups is 3. The molecule has 3 N–H and O–H groups in total. The number of primary amides is 1. The monoisotopic (exact) mass is 271 g/mol. The predicted octanol–water partition coefficient (Wildman–Crippen LogP) is 0.100. The maximum Gasteiger partial charge on any atom is 0.320 e. The third kappa shape index (κ3) is 4.42. The van der Waals surface area contributed by atoms with Crippen molar-refractivity contribution in [2.24, 2.45) is 11.7 Å². The maximum absolute atomic E-state index is 12.2. The van der Waals surface area contributed by atoms with Crippen molar-refractivity contribution in [3.63, 3.8) is 0 Å². The highest BCUT2D eigenvalue weighted by Gasteiger charge is 2.29. The Hall–Kier alpha value is -1.79. The lowest BCUT2D eigenvalue weighted by Gasteiger charge is -2.35. The Morgan fingerprint density at radius 2 is 2.11 bits per heavy atom. The summed E-state index contributed by atoms with van der Waals surface area (Å²) in [6, 6.07) is -0.213. The van der Waals surface area contributed by atoms with Crippen molar-refractivity contribution in [2.45, 2.75) is 26.2 Å². The molecular formula is C12H21N3O4. The lowest BCUT2D eigenvalue weighted by Crippen LogP contribution is -2.50. The minimum Gasteiger partial charge on any atom is -0.481 e. The quantitative estimate of drug-likeness (QED) is 0.740. The van der Waals surface area contributed by atoms with Crippen LogP contribution < -0.4 is 5.73 Å². The number of hydrogen-bond acceptors (Lipinski definition) is 3. The molecule has 3 amide bonds. The van der Waals surface area contributed by atoms with Gasteiger partial charge in [-0.05, 0) is 19.8 Å². The van der Waals surface area contributed by atoms with Crippen molar-refractivity contribution in [3.05, 3.63) is 0 Å². The Bertz CT molecular complexity index is 359. The molecule has 0 bridgehead atoms. The van der Waals surface area contributed by atoms with Gasteiger partial charge in [0.1, 0.15) is 0 Å². The van der Waals surface area contributed by atoms with Crippen LogP contribution in [0.4, 0.5) is 4.79 Å². The van der Waals surface area contributed by atoms with Gasteiger partial charge in [-0.3, -0.25) is 9.59 Å². The van der Waals surface area contributed by atoms with Crippen LogP contribution in [0.1, 0.15) is 26.2 Å². The van der Waals surface area contributed by atoms with E-state index in [1.807, 2.05) is 0 Å². The molecule has 1 heterocycles. The average molecular weight is 271 g/mol. The average Bonchev–Trinajstić information content (AvgIpc) is 2.39. The van der Waals surface area contributed by atoms with Gasteiger partial charge in [0, 0.05) is 26.2 Å². The Labute approximate surface area is 112 Å². The maximum atomic E-state index is 12.2. The van der Waals surface area contributed by atoms with Crippen molar-refractivity contribution in [1.29, 1.82) is 0 Å². The fourth-order valence-corrected chi connectivity index (χ4v) is 2.20. The summed E-state index contributed by atoms with van der Waals surface area (Å²) in [5.74, 6) is -1.61. The third-order valence-corrected chi connectivity index (χ3v) is 3.34. The number of piperidine rings is 1. The van der Waals surface area contributed by atoms with Gasteiger partial charge in [0.05, 0.1) is 12.3 Å². The predicted molar refractivity (Wildman–Crippen MR) is 68.4 cm³/mol. The molecule has 0 aromatic heterocycles. The zero-order valence-electron chi connectivity index (χ0n) is 11.2. The molecule has 1 aliphatic heterocycles. The summed E-state index contributed by atoms with van der Waals surface area (Å²) in [5.41, 5.74) is 5.27. The van der Waals surface area contributed by atoms with Gasteiger partial charge in [0.25, 0.3) is 0 Å². The Morgan fingerprint density at radius 3 is 2.63 bits per heavy atom. The first-order valence-electron chi connectivity index (χ1n) is 6.50. The number of amides is 3. The van der Waals surface area contributed by atoms with Gasteiger partial charge in [0.15, 0.2) is 0 Å². The molecule has 1 saturated heterocycles. The molecule has 1 unspecified atom stereocenters. The van der Waals surface area contributed by atoms with Crippen LogP contribution in [0.5, 0.6) is 0 Å². The number of carboxylic acids is 1. The highest BCUT2D eigenvalue weighted by atomic mass is 16.4. The molecule has 7 nitrogen and oxygen atoms in total. The molecule has 1 aliphatic rings.